The van der Waals surface area contributed by atoms with Gasteiger partial charge in [-0.05, 0) is 23.7 Å². The minimum atomic E-state index is -0.00504. The third kappa shape index (κ3) is 2.69. The number of hydrogen-bond acceptors (Lipinski definition) is 5. The Kier molecular flexibility index (Phi) is 3.21. The molecule has 0 aliphatic heterocycles. The first-order valence-corrected chi connectivity index (χ1v) is 5.36. The summed E-state index contributed by atoms with van der Waals surface area (Å²) < 4.78 is 0. The van der Waals surface area contributed by atoms with E-state index in [-0.39, 0.29) is 27.7 Å². The number of nitrogens with zero attached hydrogens (tertiary/aromatic N) is 2. The minimum Gasteiger partial charge on any atom is -0.508 e. The van der Waals surface area contributed by atoms with Gasteiger partial charge in [0.05, 0.1) is 0 Å². The Morgan fingerprint density at radius 1 is 1.24 bits per heavy atom. The van der Waals surface area contributed by atoms with E-state index in [4.69, 9.17) is 28.9 Å². The van der Waals surface area contributed by atoms with Crippen molar-refractivity contribution in [3.8, 4) is 5.75 Å². The number of phenolic OH excluding ortho intramolecular Hbond substituents is 1. The highest BCUT2D eigenvalue weighted by molar-refractivity contribution is 6.36. The molecule has 2 aromatic rings. The van der Waals surface area contributed by atoms with Crippen LogP contribution in [0.5, 0.6) is 5.75 Å². The molecule has 1 heterocycles. The molecule has 4 N–H and O–H groups in total. The molecule has 0 spiro atoms. The van der Waals surface area contributed by atoms with Gasteiger partial charge in [0, 0.05) is 11.8 Å². The zero-order valence-electron chi connectivity index (χ0n) is 8.48. The summed E-state index contributed by atoms with van der Waals surface area (Å²) in [6, 6.07) is 6.48. The Morgan fingerprint density at radius 3 is 2.71 bits per heavy atom. The average molecular weight is 271 g/mol. The molecule has 0 aliphatic rings. The monoisotopic (exact) mass is 270 g/mol. The summed E-state index contributed by atoms with van der Waals surface area (Å²) in [4.78, 5) is 7.61. The predicted molar refractivity (Wildman–Crippen MR) is 67.9 cm³/mol. The van der Waals surface area contributed by atoms with E-state index < -0.39 is 0 Å². The SMILES string of the molecule is Nc1nc(Cl)nc(Nc2cccc(O)c2)c1Cl. The number of halogens is 2. The largest absolute Gasteiger partial charge is 0.508 e. The van der Waals surface area contributed by atoms with Gasteiger partial charge in [0.2, 0.25) is 5.28 Å². The maximum absolute atomic E-state index is 9.31. The molecule has 0 fully saturated rings. The molecule has 5 nitrogen and oxygen atoms in total. The van der Waals surface area contributed by atoms with Gasteiger partial charge >= 0.3 is 0 Å². The minimum absolute atomic E-state index is 0.00504. The molecule has 0 aliphatic carbocycles. The smallest absolute Gasteiger partial charge is 0.226 e. The average Bonchev–Trinajstić information content (AvgIpc) is 2.25. The summed E-state index contributed by atoms with van der Waals surface area (Å²) in [5.74, 6) is 0.503. The summed E-state index contributed by atoms with van der Waals surface area (Å²) >= 11 is 11.6. The molecule has 17 heavy (non-hydrogen) atoms. The van der Waals surface area contributed by atoms with Crippen LogP contribution < -0.4 is 11.1 Å². The Morgan fingerprint density at radius 2 is 2.00 bits per heavy atom. The van der Waals surface area contributed by atoms with E-state index in [0.29, 0.717) is 5.69 Å². The second kappa shape index (κ2) is 4.65. The lowest BCUT2D eigenvalue weighted by Gasteiger charge is -2.08. The molecular formula is C10H8Cl2N4O. The maximum Gasteiger partial charge on any atom is 0.226 e. The lowest BCUT2D eigenvalue weighted by molar-refractivity contribution is 0.475. The van der Waals surface area contributed by atoms with Crippen LogP contribution in [0.2, 0.25) is 10.3 Å². The molecule has 0 amide bonds. The van der Waals surface area contributed by atoms with Crippen molar-refractivity contribution in [1.82, 2.24) is 9.97 Å². The Labute approximate surface area is 107 Å². The fourth-order valence-electron chi connectivity index (χ4n) is 1.24. The summed E-state index contributed by atoms with van der Waals surface area (Å²) in [6.45, 7) is 0. The lowest BCUT2D eigenvalue weighted by atomic mass is 10.3. The van der Waals surface area contributed by atoms with E-state index in [1.54, 1.807) is 18.2 Å². The summed E-state index contributed by atoms with van der Waals surface area (Å²) in [5.41, 5.74) is 6.16. The molecule has 7 heteroatoms. The van der Waals surface area contributed by atoms with Crippen LogP contribution in [0.4, 0.5) is 17.3 Å². The zero-order chi connectivity index (χ0) is 12.4. The maximum atomic E-state index is 9.31. The van der Waals surface area contributed by atoms with E-state index in [2.05, 4.69) is 15.3 Å². The van der Waals surface area contributed by atoms with Gasteiger partial charge in [-0.25, -0.2) is 0 Å². The molecule has 0 bridgehead atoms. The first-order valence-electron chi connectivity index (χ1n) is 4.61. The predicted octanol–water partition coefficient (Wildman–Crippen LogP) is 2.81. The molecule has 2 rings (SSSR count). The van der Waals surface area contributed by atoms with E-state index in [1.165, 1.54) is 6.07 Å². The van der Waals surface area contributed by atoms with Gasteiger partial charge in [0.25, 0.3) is 0 Å². The van der Waals surface area contributed by atoms with Crippen LogP contribution in [0.25, 0.3) is 0 Å². The number of anilines is 3. The highest BCUT2D eigenvalue weighted by Gasteiger charge is 2.09. The molecule has 88 valence electrons. The normalized spacial score (nSPS) is 10.2. The van der Waals surface area contributed by atoms with Crippen LogP contribution in [0.1, 0.15) is 0 Å². The molecule has 0 unspecified atom stereocenters. The number of nitrogens with one attached hydrogen (secondary N) is 1. The summed E-state index contributed by atoms with van der Waals surface area (Å²) in [7, 11) is 0. The van der Waals surface area contributed by atoms with E-state index >= 15 is 0 Å². The number of hydrogen-bond donors (Lipinski definition) is 3. The number of nitrogen functional groups attached to an aromatic ring is 1. The van der Waals surface area contributed by atoms with Gasteiger partial charge < -0.3 is 16.2 Å². The Bertz CT molecular complexity index is 562. The third-order valence-corrected chi connectivity index (χ3v) is 2.50. The van der Waals surface area contributed by atoms with Crippen molar-refractivity contribution in [3.63, 3.8) is 0 Å². The van der Waals surface area contributed by atoms with Crippen LogP contribution >= 0.6 is 23.2 Å². The van der Waals surface area contributed by atoms with Crippen molar-refractivity contribution in [1.29, 1.82) is 0 Å². The van der Waals surface area contributed by atoms with Crippen molar-refractivity contribution in [3.05, 3.63) is 34.6 Å². The highest BCUT2D eigenvalue weighted by Crippen LogP contribution is 2.29. The molecule has 1 aromatic heterocycles. The standard InChI is InChI=1S/C10H8Cl2N4O/c11-7-8(13)15-10(12)16-9(7)14-5-2-1-3-6(17)4-5/h1-4,17H,(H3,13,14,15,16). The van der Waals surface area contributed by atoms with Crippen molar-refractivity contribution in [2.75, 3.05) is 11.1 Å². The molecule has 0 atom stereocenters. The summed E-state index contributed by atoms with van der Waals surface area (Å²) in [5, 5.41) is 12.4. The van der Waals surface area contributed by atoms with Gasteiger partial charge in [-0.1, -0.05) is 17.7 Å². The number of nitrogens with two attached hydrogens (primary N) is 1. The van der Waals surface area contributed by atoms with Crippen LogP contribution in [0.15, 0.2) is 24.3 Å². The van der Waals surface area contributed by atoms with Crippen molar-refractivity contribution in [2.45, 2.75) is 0 Å². The van der Waals surface area contributed by atoms with E-state index in [0.717, 1.165) is 0 Å². The Hall–Kier alpha value is -1.72. The second-order valence-electron chi connectivity index (χ2n) is 3.22. The number of aromatic nitrogens is 2. The molecule has 0 saturated heterocycles. The number of benzene rings is 1. The molecular weight excluding hydrogens is 263 g/mol. The highest BCUT2D eigenvalue weighted by atomic mass is 35.5. The zero-order valence-corrected chi connectivity index (χ0v) is 10.00. The first kappa shape index (κ1) is 11.8. The van der Waals surface area contributed by atoms with Gasteiger partial charge in [-0.3, -0.25) is 0 Å². The van der Waals surface area contributed by atoms with Crippen LogP contribution in [-0.4, -0.2) is 15.1 Å². The van der Waals surface area contributed by atoms with Crippen molar-refractivity contribution in [2.24, 2.45) is 0 Å². The molecule has 0 radical (unpaired) electrons. The van der Waals surface area contributed by atoms with Gasteiger partial charge in [0.15, 0.2) is 5.82 Å². The van der Waals surface area contributed by atoms with E-state index in [9.17, 15) is 5.11 Å². The topological polar surface area (TPSA) is 84.1 Å². The molecule has 1 aromatic carbocycles. The Balaban J connectivity index is 2.36. The number of aromatic hydroxyl groups is 1. The number of phenols is 1. The van der Waals surface area contributed by atoms with Crippen molar-refractivity contribution < 1.29 is 5.11 Å². The van der Waals surface area contributed by atoms with Gasteiger partial charge in [-0.15, -0.1) is 0 Å². The van der Waals surface area contributed by atoms with Crippen molar-refractivity contribution >= 4 is 40.5 Å². The summed E-state index contributed by atoms with van der Waals surface area (Å²) in [6.07, 6.45) is 0. The van der Waals surface area contributed by atoms with Gasteiger partial charge in [-0.2, -0.15) is 9.97 Å². The second-order valence-corrected chi connectivity index (χ2v) is 3.93. The van der Waals surface area contributed by atoms with E-state index in [1.807, 2.05) is 0 Å². The fraction of sp³-hybridized carbons (Fsp3) is 0. The lowest BCUT2D eigenvalue weighted by Crippen LogP contribution is -2.00. The first-order chi connectivity index (χ1) is 8.06. The van der Waals surface area contributed by atoms with Crippen LogP contribution in [0.3, 0.4) is 0 Å². The van der Waals surface area contributed by atoms with Crippen LogP contribution in [-0.2, 0) is 0 Å². The fourth-order valence-corrected chi connectivity index (χ4v) is 1.55. The van der Waals surface area contributed by atoms with Gasteiger partial charge in [0.1, 0.15) is 16.6 Å². The quantitative estimate of drug-likeness (QED) is 0.731. The number of rotatable bonds is 2. The molecule has 0 saturated carbocycles. The van der Waals surface area contributed by atoms with Crippen LogP contribution in [0, 0.1) is 0 Å². The third-order valence-electron chi connectivity index (χ3n) is 1.96.